The van der Waals surface area contributed by atoms with Crippen LogP contribution in [0.3, 0.4) is 0 Å². The Hall–Kier alpha value is -2.69. The quantitative estimate of drug-likeness (QED) is 0.616. The molecule has 0 bridgehead atoms. The maximum Gasteiger partial charge on any atom is 0.305 e. The van der Waals surface area contributed by atoms with Crippen LogP contribution < -0.4 is 5.32 Å². The van der Waals surface area contributed by atoms with E-state index in [1.807, 2.05) is 13.8 Å². The van der Waals surface area contributed by atoms with Crippen LogP contribution in [0.15, 0.2) is 12.1 Å². The molecule has 0 saturated carbocycles. The predicted octanol–water partition coefficient (Wildman–Crippen LogP) is 1.14. The van der Waals surface area contributed by atoms with Crippen LogP contribution in [-0.2, 0) is 4.79 Å². The lowest BCUT2D eigenvalue weighted by molar-refractivity contribution is -0.385. The number of anilines is 1. The number of amides is 1. The molecule has 0 radical (unpaired) electrons. The summed E-state index contributed by atoms with van der Waals surface area (Å²) in [6.45, 7) is 4.98. The van der Waals surface area contributed by atoms with E-state index < -0.39 is 4.92 Å². The lowest BCUT2D eigenvalue weighted by Gasteiger charge is -2.18. The van der Waals surface area contributed by atoms with Gasteiger partial charge in [0.2, 0.25) is 11.6 Å². The Labute approximate surface area is 116 Å². The second-order valence-electron chi connectivity index (χ2n) is 3.85. The van der Waals surface area contributed by atoms with E-state index in [-0.39, 0.29) is 29.7 Å². The van der Waals surface area contributed by atoms with Crippen molar-refractivity contribution in [3.63, 3.8) is 0 Å². The molecule has 1 rings (SSSR count). The van der Waals surface area contributed by atoms with Gasteiger partial charge in [0.15, 0.2) is 0 Å². The molecule has 0 aromatic carbocycles. The van der Waals surface area contributed by atoms with Gasteiger partial charge in [-0.05, 0) is 19.9 Å². The molecule has 0 saturated heterocycles. The minimum Gasteiger partial charge on any atom is -0.361 e. The smallest absolute Gasteiger partial charge is 0.305 e. The van der Waals surface area contributed by atoms with Crippen molar-refractivity contribution in [2.24, 2.45) is 0 Å². The maximum atomic E-state index is 11.8. The minimum atomic E-state index is -0.670. The number of hydrogen-bond acceptors (Lipinski definition) is 6. The second kappa shape index (κ2) is 7.04. The van der Waals surface area contributed by atoms with E-state index >= 15 is 0 Å². The summed E-state index contributed by atoms with van der Waals surface area (Å²) in [5, 5.41) is 22.2. The number of carbonyl (C=O) groups is 1. The Bertz CT molecular complexity index is 549. The first-order valence-corrected chi connectivity index (χ1v) is 6.10. The van der Waals surface area contributed by atoms with E-state index in [1.165, 1.54) is 12.1 Å². The van der Waals surface area contributed by atoms with Crippen LogP contribution >= 0.6 is 0 Å². The third-order valence-electron chi connectivity index (χ3n) is 2.71. The number of rotatable bonds is 6. The maximum absolute atomic E-state index is 11.8. The molecule has 1 amide bonds. The fourth-order valence-corrected chi connectivity index (χ4v) is 1.63. The molecule has 1 N–H and O–H groups in total. The van der Waals surface area contributed by atoms with Crippen molar-refractivity contribution in [3.05, 3.63) is 27.9 Å². The molecule has 0 aliphatic heterocycles. The lowest BCUT2D eigenvalue weighted by Crippen LogP contribution is -2.35. The average molecular weight is 277 g/mol. The minimum absolute atomic E-state index is 0.0252. The van der Waals surface area contributed by atoms with Crippen LogP contribution in [0.2, 0.25) is 0 Å². The zero-order chi connectivity index (χ0) is 15.1. The van der Waals surface area contributed by atoms with E-state index in [1.54, 1.807) is 11.0 Å². The molecule has 0 fully saturated rings. The summed E-state index contributed by atoms with van der Waals surface area (Å²) in [5.41, 5.74) is -0.636. The van der Waals surface area contributed by atoms with Gasteiger partial charge in [0.05, 0.1) is 11.5 Å². The summed E-state index contributed by atoms with van der Waals surface area (Å²) in [5.74, 6) is 0.154. The first-order valence-electron chi connectivity index (χ1n) is 6.10. The van der Waals surface area contributed by atoms with Gasteiger partial charge in [-0.25, -0.2) is 4.98 Å². The van der Waals surface area contributed by atoms with Crippen molar-refractivity contribution in [1.82, 2.24) is 9.88 Å². The van der Waals surface area contributed by atoms with Crippen LogP contribution in [0.4, 0.5) is 11.5 Å². The number of nitriles is 1. The van der Waals surface area contributed by atoms with Crippen molar-refractivity contribution in [2.45, 2.75) is 13.8 Å². The van der Waals surface area contributed by atoms with Gasteiger partial charge in [-0.2, -0.15) is 5.26 Å². The van der Waals surface area contributed by atoms with Gasteiger partial charge in [0.25, 0.3) is 0 Å². The zero-order valence-electron chi connectivity index (χ0n) is 11.3. The summed E-state index contributed by atoms with van der Waals surface area (Å²) in [7, 11) is 0. The monoisotopic (exact) mass is 277 g/mol. The van der Waals surface area contributed by atoms with Gasteiger partial charge in [0.1, 0.15) is 11.9 Å². The van der Waals surface area contributed by atoms with Crippen molar-refractivity contribution in [1.29, 1.82) is 5.26 Å². The fraction of sp³-hybridized carbons (Fsp3) is 0.417. The van der Waals surface area contributed by atoms with Gasteiger partial charge in [0, 0.05) is 19.2 Å². The number of nitrogens with zero attached hydrogens (tertiary/aromatic N) is 4. The largest absolute Gasteiger partial charge is 0.361 e. The molecule has 1 aromatic rings. The highest BCUT2D eigenvalue weighted by atomic mass is 16.6. The Kier molecular flexibility index (Phi) is 5.41. The highest BCUT2D eigenvalue weighted by Gasteiger charge is 2.16. The first-order chi connectivity index (χ1) is 9.53. The van der Waals surface area contributed by atoms with Crippen molar-refractivity contribution in [2.75, 3.05) is 25.0 Å². The zero-order valence-corrected chi connectivity index (χ0v) is 11.3. The molecular formula is C12H15N5O3. The van der Waals surface area contributed by atoms with E-state index in [9.17, 15) is 14.9 Å². The van der Waals surface area contributed by atoms with Gasteiger partial charge < -0.3 is 10.2 Å². The van der Waals surface area contributed by atoms with Crippen molar-refractivity contribution in [3.8, 4) is 6.07 Å². The number of nitro groups is 1. The average Bonchev–Trinajstić information content (AvgIpc) is 2.45. The van der Waals surface area contributed by atoms with Crippen LogP contribution in [0.5, 0.6) is 0 Å². The van der Waals surface area contributed by atoms with Crippen molar-refractivity contribution >= 4 is 17.4 Å². The number of aromatic nitrogens is 1. The fourth-order valence-electron chi connectivity index (χ4n) is 1.63. The van der Waals surface area contributed by atoms with E-state index in [4.69, 9.17) is 5.26 Å². The standard InChI is InChI=1S/C12H15N5O3/c1-3-16(4-2)12(18)8-14-11-6-5-10(17(19)20)9(7-13)15-11/h5-6H,3-4,8H2,1-2H3,(H,14,15). The third kappa shape index (κ3) is 3.65. The van der Waals surface area contributed by atoms with Crippen LogP contribution in [0.1, 0.15) is 19.5 Å². The summed E-state index contributed by atoms with van der Waals surface area (Å²) < 4.78 is 0. The SMILES string of the molecule is CCN(CC)C(=O)CNc1ccc([N+](=O)[O-])c(C#N)n1. The molecule has 0 aliphatic carbocycles. The number of likely N-dealkylation sites (N-methyl/N-ethyl adjacent to an activating group) is 1. The first kappa shape index (κ1) is 15.4. The Morgan fingerprint density at radius 2 is 2.15 bits per heavy atom. The molecule has 0 spiro atoms. The van der Waals surface area contributed by atoms with Crippen LogP contribution in [0, 0.1) is 21.4 Å². The summed E-state index contributed by atoms with van der Waals surface area (Å²) in [4.78, 5) is 27.2. The molecule has 0 aliphatic rings. The van der Waals surface area contributed by atoms with Crippen LogP contribution in [-0.4, -0.2) is 40.3 Å². The molecule has 8 heteroatoms. The molecule has 0 unspecified atom stereocenters. The van der Waals surface area contributed by atoms with E-state index in [2.05, 4.69) is 10.3 Å². The predicted molar refractivity (Wildman–Crippen MR) is 72.0 cm³/mol. The molecule has 20 heavy (non-hydrogen) atoms. The number of nitrogens with one attached hydrogen (secondary N) is 1. The Morgan fingerprint density at radius 1 is 1.50 bits per heavy atom. The Morgan fingerprint density at radius 3 is 2.65 bits per heavy atom. The van der Waals surface area contributed by atoms with Gasteiger partial charge >= 0.3 is 5.69 Å². The Balaban J connectivity index is 2.78. The summed E-state index contributed by atoms with van der Waals surface area (Å²) in [6.07, 6.45) is 0. The van der Waals surface area contributed by atoms with E-state index in [0.717, 1.165) is 0 Å². The summed E-state index contributed by atoms with van der Waals surface area (Å²) in [6, 6.07) is 4.22. The van der Waals surface area contributed by atoms with Gasteiger partial charge in [-0.1, -0.05) is 0 Å². The third-order valence-corrected chi connectivity index (χ3v) is 2.71. The normalized spacial score (nSPS) is 9.65. The molecule has 106 valence electrons. The number of carbonyl (C=O) groups excluding carboxylic acids is 1. The molecular weight excluding hydrogens is 262 g/mol. The topological polar surface area (TPSA) is 112 Å². The summed E-state index contributed by atoms with van der Waals surface area (Å²) >= 11 is 0. The highest BCUT2D eigenvalue weighted by Crippen LogP contribution is 2.17. The van der Waals surface area contributed by atoms with Crippen molar-refractivity contribution < 1.29 is 9.72 Å². The van der Waals surface area contributed by atoms with E-state index in [0.29, 0.717) is 13.1 Å². The second-order valence-corrected chi connectivity index (χ2v) is 3.85. The number of pyridine rings is 1. The molecule has 0 atom stereocenters. The highest BCUT2D eigenvalue weighted by molar-refractivity contribution is 5.80. The van der Waals surface area contributed by atoms with Gasteiger partial charge in [-0.15, -0.1) is 0 Å². The van der Waals surface area contributed by atoms with Crippen LogP contribution in [0.25, 0.3) is 0 Å². The number of hydrogen-bond donors (Lipinski definition) is 1. The molecule has 1 aromatic heterocycles. The molecule has 1 heterocycles. The van der Waals surface area contributed by atoms with Gasteiger partial charge in [-0.3, -0.25) is 14.9 Å². The lowest BCUT2D eigenvalue weighted by atomic mass is 10.3. The molecule has 8 nitrogen and oxygen atoms in total.